The van der Waals surface area contributed by atoms with Crippen LogP contribution < -0.4 is 10.5 Å². The maximum atomic E-state index is 12.0. The molecule has 0 spiro atoms. The van der Waals surface area contributed by atoms with Crippen LogP contribution in [0, 0.1) is 0 Å². The molecule has 0 amide bonds. The highest BCUT2D eigenvalue weighted by Gasteiger charge is 2.30. The molecule has 2 N–H and O–H groups in total. The Morgan fingerprint density at radius 1 is 1.38 bits per heavy atom. The second kappa shape index (κ2) is 3.84. The van der Waals surface area contributed by atoms with Gasteiger partial charge >= 0.3 is 6.18 Å². The summed E-state index contributed by atoms with van der Waals surface area (Å²) in [5.41, 5.74) is 6.37. The van der Waals surface area contributed by atoms with Gasteiger partial charge in [-0.2, -0.15) is 13.2 Å². The minimum absolute atomic E-state index is 0.123. The van der Waals surface area contributed by atoms with E-state index in [0.717, 1.165) is 18.5 Å². The van der Waals surface area contributed by atoms with Gasteiger partial charge in [-0.1, -0.05) is 0 Å². The van der Waals surface area contributed by atoms with Crippen LogP contribution in [0.4, 0.5) is 18.9 Å². The van der Waals surface area contributed by atoms with Crippen LogP contribution in [0.2, 0.25) is 0 Å². The highest BCUT2D eigenvalue weighted by molar-refractivity contribution is 5.48. The first-order valence-electron chi connectivity index (χ1n) is 4.92. The molecule has 3 nitrogen and oxygen atoms in total. The first-order chi connectivity index (χ1) is 7.46. The average molecular weight is 232 g/mol. The molecule has 0 radical (unpaired) electrons. The van der Waals surface area contributed by atoms with E-state index in [1.807, 2.05) is 0 Å². The van der Waals surface area contributed by atoms with E-state index in [1.54, 1.807) is 6.07 Å². The number of halogens is 3. The third-order valence-electron chi connectivity index (χ3n) is 2.28. The zero-order chi connectivity index (χ0) is 11.8. The smallest absolute Gasteiger partial charge is 0.422 e. The van der Waals surface area contributed by atoms with Gasteiger partial charge in [0.05, 0.1) is 5.69 Å². The molecule has 0 atom stereocenters. The van der Waals surface area contributed by atoms with Crippen LogP contribution in [0.1, 0.15) is 24.5 Å². The Morgan fingerprint density at radius 2 is 2.06 bits per heavy atom. The molecule has 1 saturated carbocycles. The van der Waals surface area contributed by atoms with Crippen molar-refractivity contribution in [2.24, 2.45) is 0 Å². The number of rotatable bonds is 3. The monoisotopic (exact) mass is 232 g/mol. The highest BCUT2D eigenvalue weighted by Crippen LogP contribution is 2.40. The van der Waals surface area contributed by atoms with E-state index in [4.69, 9.17) is 5.73 Å². The van der Waals surface area contributed by atoms with E-state index in [2.05, 4.69) is 9.72 Å². The minimum Gasteiger partial charge on any atom is -0.467 e. The topological polar surface area (TPSA) is 48.1 Å². The molecule has 2 rings (SSSR count). The van der Waals surface area contributed by atoms with E-state index < -0.39 is 12.8 Å². The van der Waals surface area contributed by atoms with Crippen LogP contribution in [0.3, 0.4) is 0 Å². The molecule has 1 heterocycles. The van der Waals surface area contributed by atoms with Gasteiger partial charge in [0.1, 0.15) is 0 Å². The van der Waals surface area contributed by atoms with E-state index in [1.165, 1.54) is 6.07 Å². The molecule has 6 heteroatoms. The van der Waals surface area contributed by atoms with Gasteiger partial charge in [0.2, 0.25) is 5.88 Å². The van der Waals surface area contributed by atoms with Gasteiger partial charge in [0, 0.05) is 11.6 Å². The van der Waals surface area contributed by atoms with Crippen molar-refractivity contribution >= 4 is 5.69 Å². The standard InChI is InChI=1S/C10H11F3N2O/c11-10(12,13)5-16-9-7(14)3-4-8(15-9)6-1-2-6/h3-4,6H,1-2,5,14H2. The van der Waals surface area contributed by atoms with E-state index in [9.17, 15) is 13.2 Å². The number of anilines is 1. The van der Waals surface area contributed by atoms with Crippen molar-refractivity contribution in [3.8, 4) is 5.88 Å². The highest BCUT2D eigenvalue weighted by atomic mass is 19.4. The Balaban J connectivity index is 2.09. The van der Waals surface area contributed by atoms with Crippen LogP contribution in [0.15, 0.2) is 12.1 Å². The molecule has 0 aromatic carbocycles. The van der Waals surface area contributed by atoms with Crippen LogP contribution in [-0.4, -0.2) is 17.8 Å². The molecule has 16 heavy (non-hydrogen) atoms. The predicted molar refractivity (Wildman–Crippen MR) is 52.2 cm³/mol. The molecule has 0 bridgehead atoms. The number of alkyl halides is 3. The summed E-state index contributed by atoms with van der Waals surface area (Å²) in [5, 5.41) is 0. The number of nitrogen functional groups attached to an aromatic ring is 1. The van der Waals surface area contributed by atoms with Gasteiger partial charge in [-0.25, -0.2) is 4.98 Å². The summed E-state index contributed by atoms with van der Waals surface area (Å²) >= 11 is 0. The van der Waals surface area contributed by atoms with Crippen molar-refractivity contribution < 1.29 is 17.9 Å². The van der Waals surface area contributed by atoms with Crippen LogP contribution in [0.25, 0.3) is 0 Å². The number of nitrogens with zero attached hydrogens (tertiary/aromatic N) is 1. The average Bonchev–Trinajstić information content (AvgIpc) is 2.98. The fourth-order valence-electron chi connectivity index (χ4n) is 1.34. The van der Waals surface area contributed by atoms with Gasteiger partial charge in [-0.15, -0.1) is 0 Å². The lowest BCUT2D eigenvalue weighted by Crippen LogP contribution is -2.20. The Morgan fingerprint density at radius 3 is 2.62 bits per heavy atom. The number of nitrogens with two attached hydrogens (primary N) is 1. The third-order valence-corrected chi connectivity index (χ3v) is 2.28. The van der Waals surface area contributed by atoms with Crippen LogP contribution in [0.5, 0.6) is 5.88 Å². The van der Waals surface area contributed by atoms with Gasteiger partial charge < -0.3 is 10.5 Å². The first kappa shape index (κ1) is 11.0. The Labute approximate surface area is 90.4 Å². The quantitative estimate of drug-likeness (QED) is 0.870. The second-order valence-electron chi connectivity index (χ2n) is 3.81. The van der Waals surface area contributed by atoms with Crippen molar-refractivity contribution in [2.45, 2.75) is 24.9 Å². The van der Waals surface area contributed by atoms with Crippen molar-refractivity contribution in [2.75, 3.05) is 12.3 Å². The minimum atomic E-state index is -4.37. The predicted octanol–water partition coefficient (Wildman–Crippen LogP) is 2.48. The van der Waals surface area contributed by atoms with Gasteiger partial charge in [0.15, 0.2) is 6.61 Å². The van der Waals surface area contributed by atoms with Crippen molar-refractivity contribution in [1.29, 1.82) is 0 Å². The summed E-state index contributed by atoms with van der Waals surface area (Å²) in [5.74, 6) is 0.232. The zero-order valence-electron chi connectivity index (χ0n) is 8.42. The summed E-state index contributed by atoms with van der Waals surface area (Å²) in [6.07, 6.45) is -2.32. The molecular formula is C10H11F3N2O. The summed E-state index contributed by atoms with van der Waals surface area (Å²) in [6.45, 7) is -1.36. The van der Waals surface area contributed by atoms with Crippen LogP contribution in [-0.2, 0) is 0 Å². The molecule has 1 aromatic heterocycles. The maximum Gasteiger partial charge on any atom is 0.422 e. The first-order valence-corrected chi connectivity index (χ1v) is 4.92. The molecule has 88 valence electrons. The summed E-state index contributed by atoms with van der Waals surface area (Å²) < 4.78 is 40.4. The Hall–Kier alpha value is -1.46. The largest absolute Gasteiger partial charge is 0.467 e. The normalized spacial score (nSPS) is 16.2. The molecular weight excluding hydrogens is 221 g/mol. The Kier molecular flexibility index (Phi) is 2.65. The molecule has 1 aromatic rings. The van der Waals surface area contributed by atoms with Crippen molar-refractivity contribution in [1.82, 2.24) is 4.98 Å². The molecule has 1 aliphatic rings. The SMILES string of the molecule is Nc1ccc(C2CC2)nc1OCC(F)(F)F. The van der Waals surface area contributed by atoms with Gasteiger partial charge in [-0.3, -0.25) is 0 Å². The molecule has 0 saturated heterocycles. The van der Waals surface area contributed by atoms with E-state index in [0.29, 0.717) is 5.92 Å². The lowest BCUT2D eigenvalue weighted by Gasteiger charge is -2.11. The summed E-state index contributed by atoms with van der Waals surface area (Å²) in [7, 11) is 0. The number of pyridine rings is 1. The fourth-order valence-corrected chi connectivity index (χ4v) is 1.34. The van der Waals surface area contributed by atoms with Crippen LogP contribution >= 0.6 is 0 Å². The fraction of sp³-hybridized carbons (Fsp3) is 0.500. The zero-order valence-corrected chi connectivity index (χ0v) is 8.42. The maximum absolute atomic E-state index is 12.0. The van der Waals surface area contributed by atoms with Crippen molar-refractivity contribution in [3.05, 3.63) is 17.8 Å². The van der Waals surface area contributed by atoms with Crippen molar-refractivity contribution in [3.63, 3.8) is 0 Å². The third kappa shape index (κ3) is 2.77. The van der Waals surface area contributed by atoms with Gasteiger partial charge in [-0.05, 0) is 25.0 Å². The lowest BCUT2D eigenvalue weighted by atomic mass is 10.2. The molecule has 1 fully saturated rings. The Bertz CT molecular complexity index is 388. The number of hydrogen-bond acceptors (Lipinski definition) is 3. The lowest BCUT2D eigenvalue weighted by molar-refractivity contribution is -0.153. The van der Waals surface area contributed by atoms with E-state index in [-0.39, 0.29) is 11.6 Å². The number of hydrogen-bond donors (Lipinski definition) is 1. The van der Waals surface area contributed by atoms with E-state index >= 15 is 0 Å². The molecule has 0 aliphatic heterocycles. The summed E-state index contributed by atoms with van der Waals surface area (Å²) in [4.78, 5) is 3.99. The van der Waals surface area contributed by atoms with Gasteiger partial charge in [0.25, 0.3) is 0 Å². The number of ether oxygens (including phenoxy) is 1. The molecule has 0 unspecified atom stereocenters. The number of aromatic nitrogens is 1. The molecule has 1 aliphatic carbocycles. The second-order valence-corrected chi connectivity index (χ2v) is 3.81. The summed E-state index contributed by atoms with van der Waals surface area (Å²) in [6, 6.07) is 3.26.